The summed E-state index contributed by atoms with van der Waals surface area (Å²) >= 11 is 3.38. The van der Waals surface area contributed by atoms with Crippen LogP contribution in [0.2, 0.25) is 0 Å². The van der Waals surface area contributed by atoms with E-state index in [1.807, 2.05) is 6.07 Å². The van der Waals surface area contributed by atoms with Gasteiger partial charge < -0.3 is 9.52 Å². The van der Waals surface area contributed by atoms with Crippen LogP contribution in [-0.2, 0) is 0 Å². The normalized spacial score (nSPS) is 19.9. The number of aliphatic hydroxyl groups excluding tert-OH is 1. The maximum absolute atomic E-state index is 10.00. The Morgan fingerprint density at radius 1 is 1.38 bits per heavy atom. The molecule has 90 valence electrons. The predicted molar refractivity (Wildman–Crippen MR) is 67.2 cm³/mol. The number of aliphatic hydroxyl groups is 1. The number of halogens is 1. The van der Waals surface area contributed by atoms with Crippen molar-refractivity contribution in [1.82, 2.24) is 0 Å². The monoisotopic (exact) mass is 286 g/mol. The van der Waals surface area contributed by atoms with E-state index in [1.54, 1.807) is 6.26 Å². The van der Waals surface area contributed by atoms with Crippen molar-refractivity contribution in [2.45, 2.75) is 51.0 Å². The van der Waals surface area contributed by atoms with Gasteiger partial charge in [0.2, 0.25) is 0 Å². The van der Waals surface area contributed by atoms with Gasteiger partial charge in [0.15, 0.2) is 0 Å². The van der Waals surface area contributed by atoms with Gasteiger partial charge in [0.25, 0.3) is 0 Å². The van der Waals surface area contributed by atoms with E-state index in [9.17, 15) is 5.11 Å². The zero-order valence-corrected chi connectivity index (χ0v) is 11.1. The van der Waals surface area contributed by atoms with Gasteiger partial charge in [-0.05, 0) is 40.8 Å². The fourth-order valence-corrected chi connectivity index (χ4v) is 3.01. The van der Waals surface area contributed by atoms with E-state index in [0.29, 0.717) is 5.76 Å². The molecule has 0 amide bonds. The highest BCUT2D eigenvalue weighted by atomic mass is 79.9. The fourth-order valence-electron chi connectivity index (χ4n) is 2.54. The standard InChI is InChI=1S/C13H19BrO2/c14-11-8-9-16-13(11)12(15)7-6-10-4-2-1-3-5-10/h8-10,12,15H,1-7H2. The van der Waals surface area contributed by atoms with Crippen molar-refractivity contribution in [3.05, 3.63) is 22.6 Å². The second kappa shape index (κ2) is 5.87. The predicted octanol–water partition coefficient (Wildman–Crippen LogP) is 4.44. The van der Waals surface area contributed by atoms with Gasteiger partial charge in [0, 0.05) is 0 Å². The van der Waals surface area contributed by atoms with Crippen LogP contribution in [0.4, 0.5) is 0 Å². The molecule has 16 heavy (non-hydrogen) atoms. The summed E-state index contributed by atoms with van der Waals surface area (Å²) in [6, 6.07) is 1.83. The summed E-state index contributed by atoms with van der Waals surface area (Å²) in [5.41, 5.74) is 0. The number of rotatable bonds is 4. The lowest BCUT2D eigenvalue weighted by Gasteiger charge is -2.22. The Bertz CT molecular complexity index is 315. The summed E-state index contributed by atoms with van der Waals surface area (Å²) in [6.07, 6.45) is 9.90. The molecule has 1 aromatic heterocycles. The highest BCUT2D eigenvalue weighted by Crippen LogP contribution is 2.32. The molecule has 1 aliphatic carbocycles. The molecule has 1 saturated carbocycles. The third kappa shape index (κ3) is 3.11. The van der Waals surface area contributed by atoms with Crippen molar-refractivity contribution < 1.29 is 9.52 Å². The topological polar surface area (TPSA) is 33.4 Å². The molecule has 1 aliphatic rings. The Hall–Kier alpha value is -0.280. The van der Waals surface area contributed by atoms with Crippen LogP contribution < -0.4 is 0 Å². The van der Waals surface area contributed by atoms with Gasteiger partial charge in [0.05, 0.1) is 10.7 Å². The van der Waals surface area contributed by atoms with Crippen LogP contribution in [-0.4, -0.2) is 5.11 Å². The summed E-state index contributed by atoms with van der Waals surface area (Å²) in [5.74, 6) is 1.49. The first-order valence-corrected chi connectivity index (χ1v) is 6.97. The SMILES string of the molecule is OC(CCC1CCCCC1)c1occc1Br. The first-order valence-electron chi connectivity index (χ1n) is 6.18. The van der Waals surface area contributed by atoms with E-state index in [2.05, 4.69) is 15.9 Å². The quantitative estimate of drug-likeness (QED) is 0.888. The van der Waals surface area contributed by atoms with Crippen LogP contribution in [0.5, 0.6) is 0 Å². The molecular formula is C13H19BrO2. The van der Waals surface area contributed by atoms with E-state index >= 15 is 0 Å². The minimum atomic E-state index is -0.452. The highest BCUT2D eigenvalue weighted by molar-refractivity contribution is 9.10. The molecule has 2 nitrogen and oxygen atoms in total. The van der Waals surface area contributed by atoms with Gasteiger partial charge in [-0.25, -0.2) is 0 Å². The Morgan fingerprint density at radius 3 is 2.75 bits per heavy atom. The molecule has 1 aromatic rings. The van der Waals surface area contributed by atoms with Gasteiger partial charge in [-0.2, -0.15) is 0 Å². The second-order valence-electron chi connectivity index (χ2n) is 4.73. The summed E-state index contributed by atoms with van der Waals surface area (Å²) in [5, 5.41) is 10.00. The molecule has 0 bridgehead atoms. The second-order valence-corrected chi connectivity index (χ2v) is 5.58. The summed E-state index contributed by atoms with van der Waals surface area (Å²) < 4.78 is 6.15. The third-order valence-electron chi connectivity index (χ3n) is 3.52. The minimum Gasteiger partial charge on any atom is -0.465 e. The fraction of sp³-hybridized carbons (Fsp3) is 0.692. The van der Waals surface area contributed by atoms with Gasteiger partial charge >= 0.3 is 0 Å². The number of hydrogen-bond acceptors (Lipinski definition) is 2. The van der Waals surface area contributed by atoms with Crippen LogP contribution in [0.1, 0.15) is 56.8 Å². The average Bonchev–Trinajstić information content (AvgIpc) is 2.74. The zero-order chi connectivity index (χ0) is 11.4. The lowest BCUT2D eigenvalue weighted by Crippen LogP contribution is -2.08. The van der Waals surface area contributed by atoms with Crippen molar-refractivity contribution >= 4 is 15.9 Å². The van der Waals surface area contributed by atoms with Crippen LogP contribution in [0.15, 0.2) is 21.2 Å². The van der Waals surface area contributed by atoms with Gasteiger partial charge in [-0.3, -0.25) is 0 Å². The van der Waals surface area contributed by atoms with Gasteiger partial charge in [0.1, 0.15) is 11.9 Å². The zero-order valence-electron chi connectivity index (χ0n) is 9.49. The molecule has 1 N–H and O–H groups in total. The summed E-state index contributed by atoms with van der Waals surface area (Å²) in [7, 11) is 0. The van der Waals surface area contributed by atoms with E-state index in [-0.39, 0.29) is 0 Å². The molecule has 2 rings (SSSR count). The molecular weight excluding hydrogens is 268 g/mol. The number of furan rings is 1. The molecule has 1 heterocycles. The molecule has 0 spiro atoms. The Labute approximate surface area is 105 Å². The van der Waals surface area contributed by atoms with Gasteiger partial charge in [-0.15, -0.1) is 0 Å². The van der Waals surface area contributed by atoms with E-state index < -0.39 is 6.10 Å². The van der Waals surface area contributed by atoms with Crippen molar-refractivity contribution in [3.8, 4) is 0 Å². The number of hydrogen-bond donors (Lipinski definition) is 1. The van der Waals surface area contributed by atoms with Crippen LogP contribution >= 0.6 is 15.9 Å². The maximum atomic E-state index is 10.00. The molecule has 0 aliphatic heterocycles. The van der Waals surface area contributed by atoms with Crippen molar-refractivity contribution in [1.29, 1.82) is 0 Å². The Morgan fingerprint density at radius 2 is 2.12 bits per heavy atom. The summed E-state index contributed by atoms with van der Waals surface area (Å²) in [6.45, 7) is 0. The lowest BCUT2D eigenvalue weighted by molar-refractivity contribution is 0.126. The summed E-state index contributed by atoms with van der Waals surface area (Å²) in [4.78, 5) is 0. The minimum absolute atomic E-state index is 0.452. The molecule has 1 atom stereocenters. The highest BCUT2D eigenvalue weighted by Gasteiger charge is 2.18. The maximum Gasteiger partial charge on any atom is 0.146 e. The van der Waals surface area contributed by atoms with Gasteiger partial charge in [-0.1, -0.05) is 32.1 Å². The van der Waals surface area contributed by atoms with Crippen molar-refractivity contribution in [3.63, 3.8) is 0 Å². The molecule has 0 aromatic carbocycles. The first-order chi connectivity index (χ1) is 7.77. The smallest absolute Gasteiger partial charge is 0.146 e. The molecule has 1 fully saturated rings. The molecule has 0 saturated heterocycles. The van der Waals surface area contributed by atoms with Crippen molar-refractivity contribution in [2.75, 3.05) is 0 Å². The molecule has 0 radical (unpaired) electrons. The van der Waals surface area contributed by atoms with E-state index in [1.165, 1.54) is 32.1 Å². The molecule has 1 unspecified atom stereocenters. The van der Waals surface area contributed by atoms with Crippen LogP contribution in [0, 0.1) is 5.92 Å². The van der Waals surface area contributed by atoms with Crippen LogP contribution in [0.3, 0.4) is 0 Å². The average molecular weight is 287 g/mol. The Kier molecular flexibility index (Phi) is 4.47. The Balaban J connectivity index is 1.79. The largest absolute Gasteiger partial charge is 0.465 e. The van der Waals surface area contributed by atoms with E-state index in [4.69, 9.17) is 4.42 Å². The van der Waals surface area contributed by atoms with Crippen molar-refractivity contribution in [2.24, 2.45) is 5.92 Å². The van der Waals surface area contributed by atoms with Crippen LogP contribution in [0.25, 0.3) is 0 Å². The first kappa shape index (κ1) is 12.2. The van der Waals surface area contributed by atoms with E-state index in [0.717, 1.165) is 23.2 Å². The molecule has 3 heteroatoms. The lowest BCUT2D eigenvalue weighted by atomic mass is 9.85. The third-order valence-corrected chi connectivity index (χ3v) is 4.18.